The number of aromatic nitrogens is 2. The highest BCUT2D eigenvalue weighted by molar-refractivity contribution is 6.54. The Kier molecular flexibility index (Phi) is 4.73. The molecule has 0 unspecified atom stereocenters. The Hall–Kier alpha value is -1.10. The predicted molar refractivity (Wildman–Crippen MR) is 69.2 cm³/mol. The lowest BCUT2D eigenvalue weighted by Gasteiger charge is -2.19. The van der Waals surface area contributed by atoms with Crippen LogP contribution in [-0.2, 0) is 11.6 Å². The van der Waals surface area contributed by atoms with Crippen molar-refractivity contribution in [1.82, 2.24) is 9.55 Å². The molecule has 0 bridgehead atoms. The zero-order chi connectivity index (χ0) is 12.1. The fourth-order valence-corrected chi connectivity index (χ4v) is 3.89. The second-order valence-corrected chi connectivity index (χ2v) is 8.50. The van der Waals surface area contributed by atoms with Crippen LogP contribution in [0.1, 0.15) is 33.5 Å². The number of nitrogens with zero attached hydrogens (tertiary/aromatic N) is 3. The van der Waals surface area contributed by atoms with Crippen molar-refractivity contribution in [3.05, 3.63) is 18.2 Å². The van der Waals surface area contributed by atoms with Crippen molar-refractivity contribution in [2.75, 3.05) is 0 Å². The van der Waals surface area contributed by atoms with E-state index in [2.05, 4.69) is 37.8 Å². The summed E-state index contributed by atoms with van der Waals surface area (Å²) in [6, 6.07) is 0. The van der Waals surface area contributed by atoms with Gasteiger partial charge in [-0.25, -0.2) is 4.98 Å². The van der Waals surface area contributed by atoms with Gasteiger partial charge in [0.05, 0.1) is 0 Å². The minimum Gasteiger partial charge on any atom is -0.458 e. The summed E-state index contributed by atoms with van der Waals surface area (Å²) in [6.45, 7) is 8.81. The molecule has 1 heterocycles. The van der Waals surface area contributed by atoms with Crippen LogP contribution in [0.3, 0.4) is 0 Å². The molecule has 0 saturated carbocycles. The smallest absolute Gasteiger partial charge is 0.277 e. The monoisotopic (exact) mass is 239 g/mol. The Labute approximate surface area is 99.1 Å². The van der Waals surface area contributed by atoms with Gasteiger partial charge < -0.3 is 9.09 Å². The maximum atomic E-state index is 5.65. The molecule has 1 rings (SSSR count). The Bertz CT molecular complexity index is 339. The molecule has 0 radical (unpaired) electrons. The van der Waals surface area contributed by atoms with E-state index in [9.17, 15) is 0 Å². The third kappa shape index (κ3) is 3.48. The molecule has 0 aliphatic heterocycles. The van der Waals surface area contributed by atoms with E-state index in [0.717, 1.165) is 5.82 Å². The van der Waals surface area contributed by atoms with E-state index in [4.69, 9.17) is 4.53 Å². The largest absolute Gasteiger partial charge is 0.458 e. The number of rotatable bonds is 5. The molecule has 1 aromatic heterocycles. The summed E-state index contributed by atoms with van der Waals surface area (Å²) in [6.07, 6.45) is 5.33. The summed E-state index contributed by atoms with van der Waals surface area (Å²) in [7, 11) is 0.686. The first kappa shape index (κ1) is 13.0. The summed E-state index contributed by atoms with van der Waals surface area (Å²) < 4.78 is 7.56. The molecule has 0 saturated heterocycles. The Morgan fingerprint density at radius 1 is 1.38 bits per heavy atom. The maximum Gasteiger partial charge on any atom is 0.277 e. The summed E-state index contributed by atoms with van der Waals surface area (Å²) in [4.78, 5) is 4.15. The summed E-state index contributed by atoms with van der Waals surface area (Å²) in [5, 5.41) is 4.07. The molecule has 0 spiro atoms. The molecule has 0 amide bonds. The van der Waals surface area contributed by atoms with Gasteiger partial charge >= 0.3 is 0 Å². The molecule has 0 N–H and O–H groups in total. The van der Waals surface area contributed by atoms with E-state index in [-0.39, 0.29) is 0 Å². The van der Waals surface area contributed by atoms with Gasteiger partial charge in [-0.3, -0.25) is 0 Å². The van der Waals surface area contributed by atoms with E-state index in [1.807, 2.05) is 17.8 Å². The number of hydrogen-bond acceptors (Lipinski definition) is 3. The van der Waals surface area contributed by atoms with Gasteiger partial charge in [-0.1, -0.05) is 27.7 Å². The van der Waals surface area contributed by atoms with Crippen molar-refractivity contribution in [3.63, 3.8) is 0 Å². The molecular formula is C11H21N3OSi. The van der Waals surface area contributed by atoms with Crippen LogP contribution in [0.5, 0.6) is 0 Å². The van der Waals surface area contributed by atoms with Crippen LogP contribution < -0.4 is 0 Å². The fraction of sp³-hybridized carbons (Fsp3) is 0.636. The van der Waals surface area contributed by atoms with Crippen LogP contribution in [0, 0.1) is 0 Å². The normalized spacial score (nSPS) is 12.2. The molecule has 4 nitrogen and oxygen atoms in total. The number of imidazole rings is 1. The van der Waals surface area contributed by atoms with Gasteiger partial charge in [0.15, 0.2) is 5.82 Å². The van der Waals surface area contributed by atoms with Crippen LogP contribution >= 0.6 is 0 Å². The molecular weight excluding hydrogens is 218 g/mol. The van der Waals surface area contributed by atoms with E-state index in [0.29, 0.717) is 11.1 Å². The first-order valence-corrected chi connectivity index (χ1v) is 7.49. The van der Waals surface area contributed by atoms with Crippen LogP contribution in [0.15, 0.2) is 17.5 Å². The van der Waals surface area contributed by atoms with E-state index in [1.54, 1.807) is 12.4 Å². The third-order valence-corrected chi connectivity index (χ3v) is 5.52. The van der Waals surface area contributed by atoms with Gasteiger partial charge in [0.25, 0.3) is 9.04 Å². The molecule has 90 valence electrons. The predicted octanol–water partition coefficient (Wildman–Crippen LogP) is 2.31. The first-order chi connectivity index (χ1) is 7.52. The summed E-state index contributed by atoms with van der Waals surface area (Å²) in [5.74, 6) is 0.820. The van der Waals surface area contributed by atoms with Gasteiger partial charge in [0.2, 0.25) is 0 Å². The van der Waals surface area contributed by atoms with E-state index < -0.39 is 9.04 Å². The lowest BCUT2D eigenvalue weighted by molar-refractivity contribution is 0.332. The van der Waals surface area contributed by atoms with Crippen molar-refractivity contribution < 1.29 is 4.53 Å². The standard InChI is InChI=1S/C11H21N3OSi/c1-9(2)16(10(3)4)15-13-8-11-12-6-7-14(11)5/h6-10,16H,1-5H3. The molecule has 0 aromatic carbocycles. The lowest BCUT2D eigenvalue weighted by atomic mass is 10.5. The number of aryl methyl sites for hydroxylation is 1. The Balaban J connectivity index is 2.56. The zero-order valence-corrected chi connectivity index (χ0v) is 11.9. The topological polar surface area (TPSA) is 39.4 Å². The molecule has 0 atom stereocenters. The van der Waals surface area contributed by atoms with Crippen molar-refractivity contribution >= 4 is 15.3 Å². The van der Waals surface area contributed by atoms with Gasteiger partial charge in [0.1, 0.15) is 6.21 Å². The second kappa shape index (κ2) is 5.84. The Morgan fingerprint density at radius 3 is 2.44 bits per heavy atom. The van der Waals surface area contributed by atoms with Gasteiger partial charge in [-0.2, -0.15) is 0 Å². The highest BCUT2D eigenvalue weighted by Crippen LogP contribution is 2.20. The summed E-state index contributed by atoms with van der Waals surface area (Å²) >= 11 is 0. The molecule has 5 heteroatoms. The van der Waals surface area contributed by atoms with Crippen molar-refractivity contribution in [2.24, 2.45) is 12.2 Å². The van der Waals surface area contributed by atoms with E-state index in [1.165, 1.54) is 0 Å². The average Bonchev–Trinajstić information content (AvgIpc) is 2.57. The second-order valence-electron chi connectivity index (χ2n) is 4.69. The minimum atomic E-state index is -1.25. The lowest BCUT2D eigenvalue weighted by Crippen LogP contribution is -2.23. The van der Waals surface area contributed by atoms with Crippen LogP contribution in [0.4, 0.5) is 0 Å². The first-order valence-electron chi connectivity index (χ1n) is 5.69. The molecule has 0 fully saturated rings. The average molecular weight is 239 g/mol. The van der Waals surface area contributed by atoms with Crippen molar-refractivity contribution in [1.29, 1.82) is 0 Å². The molecule has 0 aliphatic carbocycles. The van der Waals surface area contributed by atoms with Gasteiger partial charge in [-0.15, -0.1) is 5.16 Å². The maximum absolute atomic E-state index is 5.65. The molecule has 0 aliphatic rings. The van der Waals surface area contributed by atoms with Gasteiger partial charge in [0, 0.05) is 19.4 Å². The summed E-state index contributed by atoms with van der Waals surface area (Å²) in [5.41, 5.74) is 1.19. The minimum absolute atomic E-state index is 0.596. The fourth-order valence-electron chi connectivity index (χ4n) is 1.66. The van der Waals surface area contributed by atoms with Crippen LogP contribution in [0.2, 0.25) is 11.1 Å². The van der Waals surface area contributed by atoms with E-state index >= 15 is 0 Å². The molecule has 1 aromatic rings. The van der Waals surface area contributed by atoms with Crippen LogP contribution in [-0.4, -0.2) is 24.8 Å². The number of hydrogen-bond donors (Lipinski definition) is 0. The quantitative estimate of drug-likeness (QED) is 0.449. The van der Waals surface area contributed by atoms with Crippen molar-refractivity contribution in [2.45, 2.75) is 38.8 Å². The van der Waals surface area contributed by atoms with Crippen molar-refractivity contribution in [3.8, 4) is 0 Å². The zero-order valence-electron chi connectivity index (χ0n) is 10.7. The SMILES string of the molecule is CC(C)[SiH](ON=Cc1nccn1C)C(C)C. The van der Waals surface area contributed by atoms with Crippen LogP contribution in [0.25, 0.3) is 0 Å². The third-order valence-electron chi connectivity index (χ3n) is 2.52. The highest BCUT2D eigenvalue weighted by Gasteiger charge is 2.22. The Morgan fingerprint density at radius 2 is 2.00 bits per heavy atom. The van der Waals surface area contributed by atoms with Gasteiger partial charge in [-0.05, 0) is 11.1 Å². The highest BCUT2D eigenvalue weighted by atomic mass is 28.3. The molecule has 16 heavy (non-hydrogen) atoms. The number of oxime groups is 1.